The van der Waals surface area contributed by atoms with Crippen molar-refractivity contribution in [2.45, 2.75) is 6.92 Å². The number of nitrogens with one attached hydrogen (secondary N) is 1. The van der Waals surface area contributed by atoms with Crippen molar-refractivity contribution in [1.82, 2.24) is 5.32 Å². The van der Waals surface area contributed by atoms with Gasteiger partial charge in [-0.05, 0) is 18.1 Å². The highest BCUT2D eigenvalue weighted by Crippen LogP contribution is 2.21. The van der Waals surface area contributed by atoms with Gasteiger partial charge in [-0.1, -0.05) is 6.92 Å². The number of nitrogens with two attached hydrogens (primary N) is 1. The highest BCUT2D eigenvalue weighted by atomic mass is 16.6. The number of carbonyl (C=O) groups excluding carboxylic acids is 1. The van der Waals surface area contributed by atoms with Gasteiger partial charge in [-0.3, -0.25) is 14.9 Å². The van der Waals surface area contributed by atoms with Crippen molar-refractivity contribution in [3.63, 3.8) is 0 Å². The van der Waals surface area contributed by atoms with Crippen molar-refractivity contribution >= 4 is 17.3 Å². The molecule has 19 heavy (non-hydrogen) atoms. The Balaban J connectivity index is 2.81. The first kappa shape index (κ1) is 14.9. The molecule has 0 aliphatic rings. The molecule has 1 rings (SSSR count). The van der Waals surface area contributed by atoms with Crippen molar-refractivity contribution in [1.29, 1.82) is 0 Å². The molecule has 0 spiro atoms. The smallest absolute Gasteiger partial charge is 0.282 e. The Kier molecular flexibility index (Phi) is 5.25. The van der Waals surface area contributed by atoms with Gasteiger partial charge in [0, 0.05) is 25.4 Å². The van der Waals surface area contributed by atoms with Crippen molar-refractivity contribution in [2.24, 2.45) is 5.92 Å². The highest BCUT2D eigenvalue weighted by Gasteiger charge is 2.20. The summed E-state index contributed by atoms with van der Waals surface area (Å²) in [4.78, 5) is 22.2. The fourth-order valence-corrected chi connectivity index (χ4v) is 1.60. The molecule has 0 heterocycles. The summed E-state index contributed by atoms with van der Waals surface area (Å²) in [5, 5.41) is 13.5. The molecule has 1 unspecified atom stereocenters. The van der Waals surface area contributed by atoms with E-state index in [2.05, 4.69) is 5.32 Å². The maximum Gasteiger partial charge on any atom is 0.282 e. The van der Waals surface area contributed by atoms with Crippen LogP contribution in [0.4, 0.5) is 11.4 Å². The lowest BCUT2D eigenvalue weighted by Gasteiger charge is -2.11. The summed E-state index contributed by atoms with van der Waals surface area (Å²) in [6.07, 6.45) is 0. The van der Waals surface area contributed by atoms with Gasteiger partial charge in [0.25, 0.3) is 11.6 Å². The minimum Gasteiger partial charge on any atom is -0.399 e. The van der Waals surface area contributed by atoms with Gasteiger partial charge < -0.3 is 15.8 Å². The van der Waals surface area contributed by atoms with Crippen molar-refractivity contribution in [2.75, 3.05) is 26.0 Å². The Hall–Kier alpha value is -2.15. The topological polar surface area (TPSA) is 107 Å². The number of carbonyl (C=O) groups is 1. The Morgan fingerprint density at radius 3 is 2.84 bits per heavy atom. The molecule has 0 radical (unpaired) electrons. The largest absolute Gasteiger partial charge is 0.399 e. The second-order valence-corrected chi connectivity index (χ2v) is 4.30. The van der Waals surface area contributed by atoms with Crippen LogP contribution < -0.4 is 11.1 Å². The van der Waals surface area contributed by atoms with Crippen LogP contribution in [0.5, 0.6) is 0 Å². The van der Waals surface area contributed by atoms with Gasteiger partial charge in [0.1, 0.15) is 5.56 Å². The van der Waals surface area contributed by atoms with E-state index in [4.69, 9.17) is 10.5 Å². The van der Waals surface area contributed by atoms with Gasteiger partial charge >= 0.3 is 0 Å². The van der Waals surface area contributed by atoms with Crippen LogP contribution in [-0.2, 0) is 4.74 Å². The molecule has 1 aromatic rings. The normalized spacial score (nSPS) is 11.9. The number of nitro groups is 1. The van der Waals surface area contributed by atoms with Crippen molar-refractivity contribution in [3.8, 4) is 0 Å². The van der Waals surface area contributed by atoms with E-state index < -0.39 is 10.8 Å². The van der Waals surface area contributed by atoms with Gasteiger partial charge in [-0.15, -0.1) is 0 Å². The van der Waals surface area contributed by atoms with E-state index in [1.807, 2.05) is 6.92 Å². The van der Waals surface area contributed by atoms with Crippen LogP contribution in [0.2, 0.25) is 0 Å². The molecule has 0 aromatic heterocycles. The zero-order chi connectivity index (χ0) is 14.4. The molecule has 1 atom stereocenters. The number of hydrogen-bond donors (Lipinski definition) is 2. The number of anilines is 1. The van der Waals surface area contributed by atoms with E-state index in [0.717, 1.165) is 0 Å². The maximum absolute atomic E-state index is 11.9. The molecule has 0 saturated heterocycles. The fraction of sp³-hybridized carbons (Fsp3) is 0.417. The SMILES string of the molecule is COCC(C)CNC(=O)c1cc(N)ccc1[N+](=O)[O-]. The molecule has 7 nitrogen and oxygen atoms in total. The Bertz CT molecular complexity index is 476. The lowest BCUT2D eigenvalue weighted by atomic mass is 10.1. The number of rotatable bonds is 6. The number of nitro benzene ring substituents is 1. The molecule has 0 bridgehead atoms. The van der Waals surface area contributed by atoms with E-state index >= 15 is 0 Å². The summed E-state index contributed by atoms with van der Waals surface area (Å²) in [6, 6.07) is 3.92. The summed E-state index contributed by atoms with van der Waals surface area (Å²) in [6.45, 7) is 2.77. The zero-order valence-corrected chi connectivity index (χ0v) is 10.9. The fourth-order valence-electron chi connectivity index (χ4n) is 1.60. The number of hydrogen-bond acceptors (Lipinski definition) is 5. The Morgan fingerprint density at radius 2 is 2.26 bits per heavy atom. The number of benzene rings is 1. The molecular formula is C12H17N3O4. The number of methoxy groups -OCH3 is 1. The van der Waals surface area contributed by atoms with Gasteiger partial charge in [0.2, 0.25) is 0 Å². The first-order chi connectivity index (χ1) is 8.95. The number of amides is 1. The summed E-state index contributed by atoms with van der Waals surface area (Å²) in [7, 11) is 1.57. The van der Waals surface area contributed by atoms with E-state index in [9.17, 15) is 14.9 Å². The van der Waals surface area contributed by atoms with Crippen LogP contribution in [0, 0.1) is 16.0 Å². The summed E-state index contributed by atoms with van der Waals surface area (Å²) < 4.78 is 4.94. The van der Waals surface area contributed by atoms with E-state index in [-0.39, 0.29) is 17.2 Å². The second-order valence-electron chi connectivity index (χ2n) is 4.30. The molecule has 7 heteroatoms. The lowest BCUT2D eigenvalue weighted by Crippen LogP contribution is -2.30. The average Bonchev–Trinajstić information content (AvgIpc) is 2.35. The summed E-state index contributed by atoms with van der Waals surface area (Å²) >= 11 is 0. The van der Waals surface area contributed by atoms with Gasteiger partial charge in [0.15, 0.2) is 0 Å². The molecule has 0 saturated carbocycles. The minimum atomic E-state index is -0.604. The van der Waals surface area contributed by atoms with Gasteiger partial charge in [0.05, 0.1) is 11.5 Å². The molecule has 0 fully saturated rings. The molecule has 1 aromatic carbocycles. The van der Waals surface area contributed by atoms with Crippen LogP contribution in [0.1, 0.15) is 17.3 Å². The second kappa shape index (κ2) is 6.69. The molecule has 1 amide bonds. The van der Waals surface area contributed by atoms with Crippen molar-refractivity contribution in [3.05, 3.63) is 33.9 Å². The third-order valence-corrected chi connectivity index (χ3v) is 2.52. The lowest BCUT2D eigenvalue weighted by molar-refractivity contribution is -0.385. The maximum atomic E-state index is 11.9. The third-order valence-electron chi connectivity index (χ3n) is 2.52. The van der Waals surface area contributed by atoms with Gasteiger partial charge in [-0.25, -0.2) is 0 Å². The average molecular weight is 267 g/mol. The van der Waals surface area contributed by atoms with E-state index in [1.165, 1.54) is 18.2 Å². The van der Waals surface area contributed by atoms with E-state index in [0.29, 0.717) is 18.8 Å². The number of nitrogen functional groups attached to an aromatic ring is 1. The van der Waals surface area contributed by atoms with E-state index in [1.54, 1.807) is 7.11 Å². The standard InChI is InChI=1S/C12H17N3O4/c1-8(7-19-2)6-14-12(16)10-5-9(13)3-4-11(10)15(17)18/h3-5,8H,6-7,13H2,1-2H3,(H,14,16). The first-order valence-corrected chi connectivity index (χ1v) is 5.76. The quantitative estimate of drug-likeness (QED) is 0.457. The Morgan fingerprint density at radius 1 is 1.58 bits per heavy atom. The zero-order valence-electron chi connectivity index (χ0n) is 10.9. The van der Waals surface area contributed by atoms with Crippen molar-refractivity contribution < 1.29 is 14.5 Å². The predicted molar refractivity (Wildman–Crippen MR) is 70.9 cm³/mol. The highest BCUT2D eigenvalue weighted by molar-refractivity contribution is 5.99. The molecule has 3 N–H and O–H groups in total. The predicted octanol–water partition coefficient (Wildman–Crippen LogP) is 1.19. The minimum absolute atomic E-state index is 0.0328. The van der Waals surface area contributed by atoms with Crippen LogP contribution in [0.3, 0.4) is 0 Å². The number of nitrogens with zero attached hydrogens (tertiary/aromatic N) is 1. The molecule has 0 aliphatic carbocycles. The Labute approximate surface area is 110 Å². The van der Waals surface area contributed by atoms with Crippen LogP contribution >= 0.6 is 0 Å². The summed E-state index contributed by atoms with van der Waals surface area (Å²) in [5.74, 6) is -0.393. The number of ether oxygens (including phenoxy) is 1. The van der Waals surface area contributed by atoms with Crippen LogP contribution in [0.25, 0.3) is 0 Å². The molecular weight excluding hydrogens is 250 g/mol. The summed E-state index contributed by atoms with van der Waals surface area (Å²) in [5.41, 5.74) is 5.56. The third kappa shape index (κ3) is 4.22. The first-order valence-electron chi connectivity index (χ1n) is 5.76. The molecule has 104 valence electrons. The van der Waals surface area contributed by atoms with Crippen LogP contribution in [0.15, 0.2) is 18.2 Å². The van der Waals surface area contributed by atoms with Gasteiger partial charge in [-0.2, -0.15) is 0 Å². The van der Waals surface area contributed by atoms with Crippen LogP contribution in [-0.4, -0.2) is 31.1 Å². The molecule has 0 aliphatic heterocycles. The monoisotopic (exact) mass is 267 g/mol.